The third kappa shape index (κ3) is 4.18. The summed E-state index contributed by atoms with van der Waals surface area (Å²) in [4.78, 5) is 17.4. The lowest BCUT2D eigenvalue weighted by Crippen LogP contribution is -2.23. The lowest BCUT2D eigenvalue weighted by Gasteiger charge is -2.12. The molecule has 152 valence electrons. The van der Waals surface area contributed by atoms with E-state index in [9.17, 15) is 4.79 Å². The van der Waals surface area contributed by atoms with Gasteiger partial charge in [0.1, 0.15) is 5.56 Å². The van der Waals surface area contributed by atoms with Crippen LogP contribution >= 0.6 is 23.2 Å². The van der Waals surface area contributed by atoms with Gasteiger partial charge < -0.3 is 5.32 Å². The van der Waals surface area contributed by atoms with Crippen molar-refractivity contribution in [2.24, 2.45) is 0 Å². The number of fused-ring (bicyclic) bond motifs is 1. The molecular weight excluding hydrogens is 419 g/mol. The molecule has 30 heavy (non-hydrogen) atoms. The van der Waals surface area contributed by atoms with Gasteiger partial charge in [-0.1, -0.05) is 47.5 Å². The predicted molar refractivity (Wildman–Crippen MR) is 119 cm³/mol. The summed E-state index contributed by atoms with van der Waals surface area (Å²) in [6.07, 6.45) is 2.26. The number of aromatic nitrogens is 3. The summed E-state index contributed by atoms with van der Waals surface area (Å²) < 4.78 is 1.73. The normalized spacial score (nSPS) is 11.1. The molecule has 0 aliphatic heterocycles. The Morgan fingerprint density at radius 3 is 2.53 bits per heavy atom. The molecule has 0 spiro atoms. The lowest BCUT2D eigenvalue weighted by atomic mass is 10.0. The van der Waals surface area contributed by atoms with Crippen molar-refractivity contribution in [3.63, 3.8) is 0 Å². The summed E-state index contributed by atoms with van der Waals surface area (Å²) in [5, 5.41) is 8.71. The summed E-state index contributed by atoms with van der Waals surface area (Å²) in [7, 11) is 0. The Bertz CT molecular complexity index is 1230. The van der Waals surface area contributed by atoms with Crippen LogP contribution in [0.3, 0.4) is 0 Å². The minimum atomic E-state index is -0.214. The van der Waals surface area contributed by atoms with Crippen LogP contribution in [0.2, 0.25) is 10.0 Å². The summed E-state index contributed by atoms with van der Waals surface area (Å²) in [6.45, 7) is 4.34. The van der Waals surface area contributed by atoms with Crippen molar-refractivity contribution < 1.29 is 4.79 Å². The number of halogens is 2. The number of hydrogen-bond donors (Lipinski definition) is 1. The number of aryl methyl sites for hydroxylation is 2. The average molecular weight is 439 g/mol. The van der Waals surface area contributed by atoms with Crippen LogP contribution in [0, 0.1) is 13.8 Å². The number of benzene rings is 2. The molecule has 0 unspecified atom stereocenters. The van der Waals surface area contributed by atoms with Crippen molar-refractivity contribution in [1.29, 1.82) is 0 Å². The summed E-state index contributed by atoms with van der Waals surface area (Å²) >= 11 is 12.0. The largest absolute Gasteiger partial charge is 0.348 e. The van der Waals surface area contributed by atoms with E-state index in [1.54, 1.807) is 22.8 Å². The van der Waals surface area contributed by atoms with E-state index >= 15 is 0 Å². The Morgan fingerprint density at radius 1 is 1.03 bits per heavy atom. The number of nitrogens with one attached hydrogen (secondary N) is 1. The number of carbonyl (C=O) groups is 1. The molecule has 0 saturated heterocycles. The molecule has 0 radical (unpaired) electrons. The number of nitrogens with zero attached hydrogens (tertiary/aromatic N) is 3. The highest BCUT2D eigenvalue weighted by Crippen LogP contribution is 2.22. The fourth-order valence-corrected chi connectivity index (χ4v) is 3.80. The molecule has 0 aliphatic carbocycles. The molecule has 0 saturated carbocycles. The van der Waals surface area contributed by atoms with E-state index in [1.807, 2.05) is 50.2 Å². The SMILES string of the molecule is Cc1nc2c(C(=O)NCc3ccc(Cl)cc3)cnn2c(C)c1Cc1cccc(Cl)c1. The van der Waals surface area contributed by atoms with Gasteiger partial charge in [-0.25, -0.2) is 9.50 Å². The fraction of sp³-hybridized carbons (Fsp3) is 0.174. The third-order valence-corrected chi connectivity index (χ3v) is 5.58. The summed E-state index contributed by atoms with van der Waals surface area (Å²) in [6, 6.07) is 15.1. The van der Waals surface area contributed by atoms with Crippen molar-refractivity contribution in [3.8, 4) is 0 Å². The first-order valence-corrected chi connectivity index (χ1v) is 10.3. The Kier molecular flexibility index (Phi) is 5.75. The standard InChI is InChI=1S/C23H20Cl2N4O/c1-14-20(11-17-4-3-5-19(25)10-17)15(2)29-22(28-14)21(13-27-29)23(30)26-12-16-6-8-18(24)9-7-16/h3-10,13H,11-12H2,1-2H3,(H,26,30). The van der Waals surface area contributed by atoms with Crippen LogP contribution in [0.1, 0.15) is 38.4 Å². The molecule has 4 aromatic rings. The predicted octanol–water partition coefficient (Wildman–Crippen LogP) is 5.17. The van der Waals surface area contributed by atoms with Gasteiger partial charge in [-0.05, 0) is 54.8 Å². The Morgan fingerprint density at radius 2 is 1.80 bits per heavy atom. The topological polar surface area (TPSA) is 59.3 Å². The summed E-state index contributed by atoms with van der Waals surface area (Å²) in [5.41, 5.74) is 5.96. The highest BCUT2D eigenvalue weighted by Gasteiger charge is 2.18. The Labute approximate surface area is 184 Å². The molecule has 0 bridgehead atoms. The van der Waals surface area contributed by atoms with Gasteiger partial charge in [0.15, 0.2) is 5.65 Å². The molecule has 0 atom stereocenters. The Hall–Kier alpha value is -2.89. The first-order valence-electron chi connectivity index (χ1n) is 9.53. The van der Waals surface area contributed by atoms with E-state index in [2.05, 4.69) is 10.4 Å². The minimum Gasteiger partial charge on any atom is -0.348 e. The van der Waals surface area contributed by atoms with E-state index in [-0.39, 0.29) is 5.91 Å². The molecule has 2 heterocycles. The van der Waals surface area contributed by atoms with Crippen LogP contribution in [0.25, 0.3) is 5.65 Å². The maximum atomic E-state index is 12.8. The first-order chi connectivity index (χ1) is 14.4. The van der Waals surface area contributed by atoms with Gasteiger partial charge >= 0.3 is 0 Å². The number of amides is 1. The second kappa shape index (κ2) is 8.46. The molecule has 4 rings (SSSR count). The van der Waals surface area contributed by atoms with E-state index in [0.717, 1.165) is 28.1 Å². The van der Waals surface area contributed by atoms with Crippen LogP contribution < -0.4 is 5.32 Å². The number of carbonyl (C=O) groups excluding carboxylic acids is 1. The maximum absolute atomic E-state index is 12.8. The minimum absolute atomic E-state index is 0.214. The zero-order valence-electron chi connectivity index (χ0n) is 16.6. The van der Waals surface area contributed by atoms with E-state index < -0.39 is 0 Å². The van der Waals surface area contributed by atoms with Crippen LogP contribution in [0.5, 0.6) is 0 Å². The smallest absolute Gasteiger partial charge is 0.257 e. The zero-order valence-corrected chi connectivity index (χ0v) is 18.1. The van der Waals surface area contributed by atoms with E-state index in [1.165, 1.54) is 0 Å². The van der Waals surface area contributed by atoms with E-state index in [0.29, 0.717) is 34.2 Å². The molecule has 2 aromatic heterocycles. The van der Waals surface area contributed by atoms with Gasteiger partial charge in [0, 0.05) is 34.4 Å². The van der Waals surface area contributed by atoms with Crippen molar-refractivity contribution in [2.45, 2.75) is 26.8 Å². The molecule has 1 N–H and O–H groups in total. The number of hydrogen-bond acceptors (Lipinski definition) is 3. The molecular formula is C23H20Cl2N4O. The van der Waals surface area contributed by atoms with Crippen molar-refractivity contribution in [1.82, 2.24) is 19.9 Å². The third-order valence-electron chi connectivity index (χ3n) is 5.09. The molecule has 0 fully saturated rings. The van der Waals surface area contributed by atoms with Gasteiger partial charge in [0.25, 0.3) is 5.91 Å². The van der Waals surface area contributed by atoms with Crippen molar-refractivity contribution in [2.75, 3.05) is 0 Å². The Balaban J connectivity index is 1.60. The van der Waals surface area contributed by atoms with Gasteiger partial charge in [0.05, 0.1) is 6.20 Å². The fourth-order valence-electron chi connectivity index (χ4n) is 3.46. The molecule has 2 aromatic carbocycles. The zero-order chi connectivity index (χ0) is 21.3. The second-order valence-corrected chi connectivity index (χ2v) is 8.04. The number of rotatable bonds is 5. The van der Waals surface area contributed by atoms with Crippen LogP contribution in [-0.4, -0.2) is 20.5 Å². The van der Waals surface area contributed by atoms with Gasteiger partial charge in [-0.15, -0.1) is 0 Å². The van der Waals surface area contributed by atoms with Gasteiger partial charge in [0.2, 0.25) is 0 Å². The highest BCUT2D eigenvalue weighted by molar-refractivity contribution is 6.30. The molecule has 1 amide bonds. The molecule has 7 heteroatoms. The van der Waals surface area contributed by atoms with Crippen LogP contribution in [-0.2, 0) is 13.0 Å². The van der Waals surface area contributed by atoms with Crippen LogP contribution in [0.4, 0.5) is 0 Å². The van der Waals surface area contributed by atoms with E-state index in [4.69, 9.17) is 28.2 Å². The lowest BCUT2D eigenvalue weighted by molar-refractivity contribution is 0.0952. The average Bonchev–Trinajstić information content (AvgIpc) is 3.14. The summed E-state index contributed by atoms with van der Waals surface area (Å²) in [5.74, 6) is -0.214. The van der Waals surface area contributed by atoms with Crippen LogP contribution in [0.15, 0.2) is 54.7 Å². The molecule has 5 nitrogen and oxygen atoms in total. The van der Waals surface area contributed by atoms with Gasteiger partial charge in [-0.2, -0.15) is 5.10 Å². The van der Waals surface area contributed by atoms with Gasteiger partial charge in [-0.3, -0.25) is 4.79 Å². The highest BCUT2D eigenvalue weighted by atomic mass is 35.5. The molecule has 0 aliphatic rings. The monoisotopic (exact) mass is 438 g/mol. The second-order valence-electron chi connectivity index (χ2n) is 7.17. The first kappa shape index (κ1) is 20.4. The quantitative estimate of drug-likeness (QED) is 0.467. The van der Waals surface area contributed by atoms with Crippen molar-refractivity contribution in [3.05, 3.63) is 98.4 Å². The van der Waals surface area contributed by atoms with Crippen molar-refractivity contribution >= 4 is 34.8 Å². The maximum Gasteiger partial charge on any atom is 0.257 e.